The molecule has 3 atom stereocenters. The number of carbonyl (C=O) groups is 1. The Morgan fingerprint density at radius 1 is 1.50 bits per heavy atom. The molecule has 1 rings (SSSR count). The molecule has 3 nitrogen and oxygen atoms in total. The third-order valence-corrected chi connectivity index (χ3v) is 3.54. The minimum absolute atomic E-state index is 0.00821. The molecule has 0 spiro atoms. The number of rotatable bonds is 6. The molecule has 16 heavy (non-hydrogen) atoms. The maximum absolute atomic E-state index is 10.8. The maximum Gasteiger partial charge on any atom is 0.307 e. The predicted octanol–water partition coefficient (Wildman–Crippen LogP) is 2.38. The van der Waals surface area contributed by atoms with E-state index >= 15 is 0 Å². The summed E-state index contributed by atoms with van der Waals surface area (Å²) in [5.74, 6) is -1.10. The monoisotopic (exact) mass is 241 g/mol. The zero-order valence-corrected chi connectivity index (χ0v) is 10.8. The molecule has 0 aliphatic rings. The third kappa shape index (κ3) is 3.94. The number of aliphatic carboxylic acids is 1. The van der Waals surface area contributed by atoms with E-state index in [0.717, 1.165) is 6.42 Å². The second-order valence-electron chi connectivity index (χ2n) is 4.32. The van der Waals surface area contributed by atoms with Crippen molar-refractivity contribution < 1.29 is 9.90 Å². The first-order chi connectivity index (χ1) is 7.50. The summed E-state index contributed by atoms with van der Waals surface area (Å²) in [5, 5.41) is 16.4. The fraction of sp³-hybridized carbons (Fsp3) is 0.583. The van der Waals surface area contributed by atoms with Crippen LogP contribution in [0.1, 0.15) is 26.3 Å². The second-order valence-corrected chi connectivity index (χ2v) is 5.10. The highest BCUT2D eigenvalue weighted by Gasteiger charge is 2.20. The van der Waals surface area contributed by atoms with Gasteiger partial charge in [0.15, 0.2) is 0 Å². The molecule has 0 amide bonds. The van der Waals surface area contributed by atoms with E-state index in [4.69, 9.17) is 5.11 Å². The smallest absolute Gasteiger partial charge is 0.307 e. The lowest BCUT2D eigenvalue weighted by Crippen LogP contribution is -2.42. The molecule has 0 saturated carbocycles. The Balaban J connectivity index is 2.39. The van der Waals surface area contributed by atoms with Crippen LogP contribution in [0.4, 0.5) is 0 Å². The molecule has 4 heteroatoms. The van der Waals surface area contributed by atoms with Crippen LogP contribution in [0, 0.1) is 5.92 Å². The minimum atomic E-state index is -0.747. The Bertz CT molecular complexity index is 324. The molecule has 0 aliphatic heterocycles. The van der Waals surface area contributed by atoms with Gasteiger partial charge in [-0.15, -0.1) is 0 Å². The summed E-state index contributed by atoms with van der Waals surface area (Å²) in [6.45, 7) is 5.74. The van der Waals surface area contributed by atoms with Gasteiger partial charge in [0.1, 0.15) is 0 Å². The van der Waals surface area contributed by atoms with Gasteiger partial charge in [-0.1, -0.05) is 6.92 Å². The number of carboxylic acid groups (broad SMARTS) is 1. The molecule has 0 fully saturated rings. The SMILES string of the molecule is CC(Cc1ccsc1)NC(C)C(C)C(=O)O. The van der Waals surface area contributed by atoms with Gasteiger partial charge in [0.2, 0.25) is 0 Å². The summed E-state index contributed by atoms with van der Waals surface area (Å²) in [6, 6.07) is 2.39. The van der Waals surface area contributed by atoms with Crippen molar-refractivity contribution in [2.24, 2.45) is 5.92 Å². The molecule has 2 N–H and O–H groups in total. The molecule has 1 aromatic rings. The molecule has 0 saturated heterocycles. The van der Waals surface area contributed by atoms with Crippen LogP contribution in [0.25, 0.3) is 0 Å². The van der Waals surface area contributed by atoms with Gasteiger partial charge in [-0.25, -0.2) is 0 Å². The van der Waals surface area contributed by atoms with Crippen molar-refractivity contribution in [3.05, 3.63) is 22.4 Å². The van der Waals surface area contributed by atoms with Crippen LogP contribution in [-0.4, -0.2) is 23.2 Å². The lowest BCUT2D eigenvalue weighted by Gasteiger charge is -2.22. The number of carboxylic acids is 1. The summed E-state index contributed by atoms with van der Waals surface area (Å²) >= 11 is 1.69. The Morgan fingerprint density at radius 2 is 2.19 bits per heavy atom. The Labute approximate surface area is 100 Å². The minimum Gasteiger partial charge on any atom is -0.481 e. The van der Waals surface area contributed by atoms with Crippen molar-refractivity contribution in [1.29, 1.82) is 0 Å². The third-order valence-electron chi connectivity index (χ3n) is 2.81. The van der Waals surface area contributed by atoms with Crippen LogP contribution in [0.15, 0.2) is 16.8 Å². The molecule has 0 aliphatic carbocycles. The number of thiophene rings is 1. The molecule has 1 heterocycles. The molecule has 0 radical (unpaired) electrons. The van der Waals surface area contributed by atoms with E-state index in [1.54, 1.807) is 18.3 Å². The Hall–Kier alpha value is -0.870. The summed E-state index contributed by atoms with van der Waals surface area (Å²) in [5.41, 5.74) is 1.31. The van der Waals surface area contributed by atoms with Crippen molar-refractivity contribution in [3.8, 4) is 0 Å². The van der Waals surface area contributed by atoms with Crippen molar-refractivity contribution in [1.82, 2.24) is 5.32 Å². The van der Waals surface area contributed by atoms with Gasteiger partial charge in [-0.05, 0) is 42.7 Å². The van der Waals surface area contributed by atoms with E-state index in [9.17, 15) is 4.79 Å². The van der Waals surface area contributed by atoms with Gasteiger partial charge < -0.3 is 10.4 Å². The lowest BCUT2D eigenvalue weighted by atomic mass is 10.0. The highest BCUT2D eigenvalue weighted by molar-refractivity contribution is 7.07. The van der Waals surface area contributed by atoms with E-state index in [-0.39, 0.29) is 12.0 Å². The molecular weight excluding hydrogens is 222 g/mol. The first kappa shape index (κ1) is 13.2. The van der Waals surface area contributed by atoms with Crippen molar-refractivity contribution in [2.45, 2.75) is 39.3 Å². The quantitative estimate of drug-likeness (QED) is 0.804. The summed E-state index contributed by atoms with van der Waals surface area (Å²) in [4.78, 5) is 10.8. The van der Waals surface area contributed by atoms with Crippen molar-refractivity contribution in [2.75, 3.05) is 0 Å². The normalized spacial score (nSPS) is 16.7. The summed E-state index contributed by atoms with van der Waals surface area (Å²) in [7, 11) is 0. The fourth-order valence-corrected chi connectivity index (χ4v) is 2.31. The first-order valence-corrected chi connectivity index (χ1v) is 6.45. The van der Waals surface area contributed by atoms with Gasteiger partial charge in [0, 0.05) is 12.1 Å². The van der Waals surface area contributed by atoms with Gasteiger partial charge >= 0.3 is 5.97 Å². The van der Waals surface area contributed by atoms with E-state index in [1.807, 2.05) is 6.92 Å². The first-order valence-electron chi connectivity index (χ1n) is 5.50. The number of hydrogen-bond donors (Lipinski definition) is 2. The van der Waals surface area contributed by atoms with Gasteiger partial charge in [0.05, 0.1) is 5.92 Å². The van der Waals surface area contributed by atoms with Crippen LogP contribution >= 0.6 is 11.3 Å². The van der Waals surface area contributed by atoms with Crippen molar-refractivity contribution in [3.63, 3.8) is 0 Å². The molecule has 1 aromatic heterocycles. The van der Waals surface area contributed by atoms with Crippen LogP contribution in [0.3, 0.4) is 0 Å². The Morgan fingerprint density at radius 3 is 2.69 bits per heavy atom. The topological polar surface area (TPSA) is 49.3 Å². The zero-order chi connectivity index (χ0) is 12.1. The van der Waals surface area contributed by atoms with E-state index in [1.165, 1.54) is 5.56 Å². The summed E-state index contributed by atoms with van der Waals surface area (Å²) < 4.78 is 0. The average molecular weight is 241 g/mol. The standard InChI is InChI=1S/C12H19NO2S/c1-8(6-11-4-5-16-7-11)13-10(3)9(2)12(14)15/h4-5,7-10,13H,6H2,1-3H3,(H,14,15). The van der Waals surface area contributed by atoms with E-state index in [0.29, 0.717) is 6.04 Å². The fourth-order valence-electron chi connectivity index (χ4n) is 1.63. The van der Waals surface area contributed by atoms with Gasteiger partial charge in [-0.2, -0.15) is 11.3 Å². The van der Waals surface area contributed by atoms with Crippen molar-refractivity contribution >= 4 is 17.3 Å². The van der Waals surface area contributed by atoms with Crippen LogP contribution in [0.2, 0.25) is 0 Å². The molecule has 0 aromatic carbocycles. The molecule has 3 unspecified atom stereocenters. The van der Waals surface area contributed by atoms with Gasteiger partial charge in [-0.3, -0.25) is 4.79 Å². The van der Waals surface area contributed by atoms with E-state index < -0.39 is 5.97 Å². The van der Waals surface area contributed by atoms with Crippen LogP contribution in [0.5, 0.6) is 0 Å². The van der Waals surface area contributed by atoms with E-state index in [2.05, 4.69) is 29.1 Å². The predicted molar refractivity (Wildman–Crippen MR) is 66.9 cm³/mol. The number of nitrogens with one attached hydrogen (secondary N) is 1. The molecule has 90 valence electrons. The van der Waals surface area contributed by atoms with Crippen LogP contribution < -0.4 is 5.32 Å². The summed E-state index contributed by atoms with van der Waals surface area (Å²) in [6.07, 6.45) is 0.945. The lowest BCUT2D eigenvalue weighted by molar-refractivity contribution is -0.142. The number of hydrogen-bond acceptors (Lipinski definition) is 3. The highest BCUT2D eigenvalue weighted by Crippen LogP contribution is 2.10. The van der Waals surface area contributed by atoms with Crippen LogP contribution in [-0.2, 0) is 11.2 Å². The second kappa shape index (κ2) is 6.01. The molecular formula is C12H19NO2S. The Kier molecular flexibility index (Phi) is 4.96. The highest BCUT2D eigenvalue weighted by atomic mass is 32.1. The largest absolute Gasteiger partial charge is 0.481 e. The maximum atomic E-state index is 10.8. The zero-order valence-electron chi connectivity index (χ0n) is 9.93. The van der Waals surface area contributed by atoms with Gasteiger partial charge in [0.25, 0.3) is 0 Å². The molecule has 0 bridgehead atoms. The average Bonchev–Trinajstić information content (AvgIpc) is 2.68.